The molecule has 0 aromatic carbocycles. The van der Waals surface area contributed by atoms with Gasteiger partial charge in [-0.15, -0.1) is 0 Å². The predicted octanol–water partition coefficient (Wildman–Crippen LogP) is 3.16. The molecule has 6 nitrogen and oxygen atoms in total. The summed E-state index contributed by atoms with van der Waals surface area (Å²) in [4.78, 5) is 21.8. The molecular formula is C15H22ClN3O3. The van der Waals surface area contributed by atoms with Crippen LogP contribution in [-0.2, 0) is 4.74 Å². The molecule has 1 aromatic rings. The Balaban J connectivity index is 1.84. The molecule has 2 rings (SSSR count). The summed E-state index contributed by atoms with van der Waals surface area (Å²) in [5.41, 5.74) is -0.475. The highest BCUT2D eigenvalue weighted by Crippen LogP contribution is 2.20. The number of halogens is 1. The van der Waals surface area contributed by atoms with Gasteiger partial charge in [0.15, 0.2) is 5.15 Å². The normalized spacial score (nSPS) is 18.9. The zero-order valence-electron chi connectivity index (χ0n) is 13.2. The predicted molar refractivity (Wildman–Crippen MR) is 83.1 cm³/mol. The molecule has 0 N–H and O–H groups in total. The molecule has 1 unspecified atom stereocenters. The molecule has 0 spiro atoms. The molecule has 0 radical (unpaired) electrons. The Kier molecular flexibility index (Phi) is 5.45. The Bertz CT molecular complexity index is 519. The summed E-state index contributed by atoms with van der Waals surface area (Å²) in [5.74, 6) is 0.656. The Morgan fingerprint density at radius 3 is 2.91 bits per heavy atom. The molecular weight excluding hydrogens is 306 g/mol. The molecule has 1 aliphatic rings. The second-order valence-electron chi connectivity index (χ2n) is 6.43. The van der Waals surface area contributed by atoms with E-state index in [0.717, 1.165) is 19.4 Å². The molecule has 0 saturated carbocycles. The van der Waals surface area contributed by atoms with Crippen LogP contribution in [0.15, 0.2) is 12.4 Å². The van der Waals surface area contributed by atoms with Gasteiger partial charge in [-0.05, 0) is 33.6 Å². The molecule has 1 aliphatic heterocycles. The third-order valence-corrected chi connectivity index (χ3v) is 3.40. The molecule has 1 fully saturated rings. The smallest absolute Gasteiger partial charge is 0.410 e. The molecule has 1 aromatic heterocycles. The van der Waals surface area contributed by atoms with Gasteiger partial charge in [0, 0.05) is 19.0 Å². The third-order valence-electron chi connectivity index (χ3n) is 3.22. The molecule has 22 heavy (non-hydrogen) atoms. The fraction of sp³-hybridized carbons (Fsp3) is 0.667. The van der Waals surface area contributed by atoms with Crippen molar-refractivity contribution < 1.29 is 14.3 Å². The lowest BCUT2D eigenvalue weighted by Gasteiger charge is -2.33. The summed E-state index contributed by atoms with van der Waals surface area (Å²) in [5, 5.41) is 0.302. The van der Waals surface area contributed by atoms with Crippen molar-refractivity contribution >= 4 is 17.7 Å². The highest BCUT2D eigenvalue weighted by molar-refractivity contribution is 6.29. The third kappa shape index (κ3) is 5.33. The number of hydrogen-bond acceptors (Lipinski definition) is 5. The van der Waals surface area contributed by atoms with E-state index < -0.39 is 5.60 Å². The number of hydrogen-bond donors (Lipinski definition) is 0. The zero-order chi connectivity index (χ0) is 16.2. The van der Waals surface area contributed by atoms with E-state index in [0.29, 0.717) is 24.2 Å². The number of piperidine rings is 1. The largest absolute Gasteiger partial charge is 0.476 e. The first-order valence-electron chi connectivity index (χ1n) is 7.42. The first-order valence-corrected chi connectivity index (χ1v) is 7.79. The van der Waals surface area contributed by atoms with Crippen molar-refractivity contribution in [1.82, 2.24) is 14.9 Å². The van der Waals surface area contributed by atoms with Crippen LogP contribution < -0.4 is 4.74 Å². The van der Waals surface area contributed by atoms with Gasteiger partial charge in [-0.3, -0.25) is 4.98 Å². The monoisotopic (exact) mass is 327 g/mol. The van der Waals surface area contributed by atoms with E-state index in [1.54, 1.807) is 4.90 Å². The van der Waals surface area contributed by atoms with Crippen LogP contribution in [0.5, 0.6) is 5.88 Å². The Labute approximate surface area is 135 Å². The van der Waals surface area contributed by atoms with E-state index in [-0.39, 0.29) is 12.0 Å². The highest BCUT2D eigenvalue weighted by Gasteiger charge is 2.27. The SMILES string of the molecule is CC(C)(C)OC(=O)N1CCCC(COc2cncc(Cl)n2)C1. The first-order chi connectivity index (χ1) is 10.3. The summed E-state index contributed by atoms with van der Waals surface area (Å²) < 4.78 is 11.0. The Hall–Kier alpha value is -1.56. The Morgan fingerprint density at radius 1 is 1.45 bits per heavy atom. The van der Waals surface area contributed by atoms with Gasteiger partial charge in [0.1, 0.15) is 5.60 Å². The summed E-state index contributed by atoms with van der Waals surface area (Å²) in [7, 11) is 0. The van der Waals surface area contributed by atoms with E-state index in [2.05, 4.69) is 9.97 Å². The lowest BCUT2D eigenvalue weighted by atomic mass is 9.99. The van der Waals surface area contributed by atoms with E-state index in [1.165, 1.54) is 12.4 Å². The van der Waals surface area contributed by atoms with E-state index >= 15 is 0 Å². The lowest BCUT2D eigenvalue weighted by molar-refractivity contribution is 0.0138. The number of aromatic nitrogens is 2. The minimum atomic E-state index is -0.475. The number of rotatable bonds is 3. The standard InChI is InChI=1S/C15H22ClN3O3/c1-15(2,3)22-14(20)19-6-4-5-11(9-19)10-21-13-8-17-7-12(16)18-13/h7-8,11H,4-6,9-10H2,1-3H3. The molecule has 7 heteroatoms. The maximum absolute atomic E-state index is 12.1. The number of carbonyl (C=O) groups is 1. The van der Waals surface area contributed by atoms with Gasteiger partial charge in [0.2, 0.25) is 5.88 Å². The van der Waals surface area contributed by atoms with Crippen molar-refractivity contribution in [3.05, 3.63) is 17.5 Å². The molecule has 1 atom stereocenters. The van der Waals surface area contributed by atoms with Crippen molar-refractivity contribution in [2.45, 2.75) is 39.2 Å². The van der Waals surface area contributed by atoms with Gasteiger partial charge in [-0.2, -0.15) is 4.98 Å². The highest BCUT2D eigenvalue weighted by atomic mass is 35.5. The van der Waals surface area contributed by atoms with Crippen LogP contribution in [0.4, 0.5) is 4.79 Å². The molecule has 122 valence electrons. The topological polar surface area (TPSA) is 64.5 Å². The maximum atomic E-state index is 12.1. The van der Waals surface area contributed by atoms with Crippen molar-refractivity contribution in [3.63, 3.8) is 0 Å². The molecule has 2 heterocycles. The van der Waals surface area contributed by atoms with Crippen LogP contribution in [0.2, 0.25) is 5.15 Å². The van der Waals surface area contributed by atoms with Gasteiger partial charge < -0.3 is 14.4 Å². The number of carbonyl (C=O) groups excluding carboxylic acids is 1. The summed E-state index contributed by atoms with van der Waals surface area (Å²) in [6.45, 7) is 7.44. The van der Waals surface area contributed by atoms with Crippen LogP contribution >= 0.6 is 11.6 Å². The number of likely N-dealkylation sites (tertiary alicyclic amines) is 1. The molecule has 1 saturated heterocycles. The number of ether oxygens (including phenoxy) is 2. The summed E-state index contributed by atoms with van der Waals surface area (Å²) >= 11 is 5.77. The van der Waals surface area contributed by atoms with E-state index in [1.807, 2.05) is 20.8 Å². The second kappa shape index (κ2) is 7.13. The van der Waals surface area contributed by atoms with Crippen molar-refractivity contribution in [2.24, 2.45) is 5.92 Å². The fourth-order valence-electron chi connectivity index (χ4n) is 2.29. The van der Waals surface area contributed by atoms with Gasteiger partial charge in [-0.1, -0.05) is 11.6 Å². The molecule has 0 aliphatic carbocycles. The number of nitrogens with zero attached hydrogens (tertiary/aromatic N) is 3. The second-order valence-corrected chi connectivity index (χ2v) is 6.81. The number of amides is 1. The minimum absolute atomic E-state index is 0.252. The van der Waals surface area contributed by atoms with E-state index in [4.69, 9.17) is 21.1 Å². The van der Waals surface area contributed by atoms with Crippen LogP contribution in [0, 0.1) is 5.92 Å². The van der Waals surface area contributed by atoms with Crippen molar-refractivity contribution in [1.29, 1.82) is 0 Å². The zero-order valence-corrected chi connectivity index (χ0v) is 14.0. The minimum Gasteiger partial charge on any atom is -0.476 e. The average molecular weight is 328 g/mol. The lowest BCUT2D eigenvalue weighted by Crippen LogP contribution is -2.44. The van der Waals surface area contributed by atoms with Crippen molar-refractivity contribution in [3.8, 4) is 5.88 Å². The maximum Gasteiger partial charge on any atom is 0.410 e. The van der Waals surface area contributed by atoms with Crippen LogP contribution in [0.25, 0.3) is 0 Å². The fourth-order valence-corrected chi connectivity index (χ4v) is 2.43. The van der Waals surface area contributed by atoms with Gasteiger partial charge in [0.05, 0.1) is 19.0 Å². The Morgan fingerprint density at radius 2 is 2.23 bits per heavy atom. The van der Waals surface area contributed by atoms with Gasteiger partial charge in [-0.25, -0.2) is 4.79 Å². The van der Waals surface area contributed by atoms with Crippen LogP contribution in [0.1, 0.15) is 33.6 Å². The summed E-state index contributed by atoms with van der Waals surface area (Å²) in [6.07, 6.45) is 4.67. The molecule has 1 amide bonds. The van der Waals surface area contributed by atoms with Gasteiger partial charge >= 0.3 is 6.09 Å². The first kappa shape index (κ1) is 16.8. The van der Waals surface area contributed by atoms with E-state index in [9.17, 15) is 4.79 Å². The van der Waals surface area contributed by atoms with Gasteiger partial charge in [0.25, 0.3) is 0 Å². The van der Waals surface area contributed by atoms with Crippen LogP contribution in [-0.4, -0.2) is 46.3 Å². The summed E-state index contributed by atoms with van der Waals surface area (Å²) in [6, 6.07) is 0. The van der Waals surface area contributed by atoms with Crippen LogP contribution in [0.3, 0.4) is 0 Å². The average Bonchev–Trinajstić information content (AvgIpc) is 2.44. The van der Waals surface area contributed by atoms with Crippen molar-refractivity contribution in [2.75, 3.05) is 19.7 Å². The molecule has 0 bridgehead atoms. The quantitative estimate of drug-likeness (QED) is 0.853.